The fourth-order valence-corrected chi connectivity index (χ4v) is 2.76. The summed E-state index contributed by atoms with van der Waals surface area (Å²) in [4.78, 5) is 26.5. The van der Waals surface area contributed by atoms with Crippen molar-refractivity contribution < 1.29 is 9.59 Å². The molecule has 1 atom stereocenters. The lowest BCUT2D eigenvalue weighted by Gasteiger charge is -2.33. The summed E-state index contributed by atoms with van der Waals surface area (Å²) in [6.45, 7) is 9.31. The van der Waals surface area contributed by atoms with Gasteiger partial charge in [0.15, 0.2) is 0 Å². The third kappa shape index (κ3) is 3.48. The minimum Gasteiger partial charge on any atom is -0.354 e. The van der Waals surface area contributed by atoms with Gasteiger partial charge < -0.3 is 5.32 Å². The second-order valence-corrected chi connectivity index (χ2v) is 6.28. The maximum absolute atomic E-state index is 12.5. The molecule has 0 spiro atoms. The molecule has 0 unspecified atom stereocenters. The lowest BCUT2D eigenvalue weighted by molar-refractivity contribution is -0.127. The average Bonchev–Trinajstić information content (AvgIpc) is 2.82. The second kappa shape index (κ2) is 6.94. The monoisotopic (exact) mass is 306 g/mol. The maximum atomic E-state index is 12.5. The van der Waals surface area contributed by atoms with Crippen molar-refractivity contribution in [2.75, 3.05) is 11.4 Å². The van der Waals surface area contributed by atoms with E-state index in [2.05, 4.69) is 24.3 Å². The number of fused-ring (bicyclic) bond motifs is 1. The Morgan fingerprint density at radius 2 is 2.18 bits per heavy atom. The summed E-state index contributed by atoms with van der Waals surface area (Å²) in [5.74, 6) is 1.20. The molecule has 122 valence electrons. The summed E-state index contributed by atoms with van der Waals surface area (Å²) in [5.41, 5.74) is 0.866. The SMILES string of the molecule is CC[C@@H](C(=O)NCCC(C)C)N1C(=O)CCn2nc(C)cc21. The molecule has 0 fully saturated rings. The number of aryl methyl sites for hydroxylation is 2. The van der Waals surface area contributed by atoms with Crippen LogP contribution in [0.15, 0.2) is 6.07 Å². The predicted molar refractivity (Wildman–Crippen MR) is 85.6 cm³/mol. The molecule has 6 heteroatoms. The molecular weight excluding hydrogens is 280 g/mol. The van der Waals surface area contributed by atoms with Crippen LogP contribution in [-0.4, -0.2) is 34.2 Å². The average molecular weight is 306 g/mol. The topological polar surface area (TPSA) is 67.2 Å². The molecule has 2 amide bonds. The molecule has 22 heavy (non-hydrogen) atoms. The van der Waals surface area contributed by atoms with Gasteiger partial charge in [-0.15, -0.1) is 0 Å². The zero-order chi connectivity index (χ0) is 16.3. The number of aromatic nitrogens is 2. The van der Waals surface area contributed by atoms with Crippen LogP contribution in [0.2, 0.25) is 0 Å². The molecule has 1 aliphatic rings. The highest BCUT2D eigenvalue weighted by Gasteiger charge is 2.34. The Kier molecular flexibility index (Phi) is 5.21. The van der Waals surface area contributed by atoms with Gasteiger partial charge in [-0.2, -0.15) is 5.10 Å². The van der Waals surface area contributed by atoms with E-state index < -0.39 is 6.04 Å². The highest BCUT2D eigenvalue weighted by molar-refractivity contribution is 6.00. The Bertz CT molecular complexity index is 550. The van der Waals surface area contributed by atoms with Crippen LogP contribution in [0.4, 0.5) is 5.82 Å². The van der Waals surface area contributed by atoms with Gasteiger partial charge in [-0.3, -0.25) is 14.5 Å². The van der Waals surface area contributed by atoms with E-state index in [0.717, 1.165) is 17.9 Å². The van der Waals surface area contributed by atoms with Crippen LogP contribution < -0.4 is 10.2 Å². The molecule has 1 aliphatic heterocycles. The highest BCUT2D eigenvalue weighted by atomic mass is 16.2. The van der Waals surface area contributed by atoms with Gasteiger partial charge in [0, 0.05) is 19.0 Å². The van der Waals surface area contributed by atoms with Gasteiger partial charge in [0.1, 0.15) is 11.9 Å². The minimum absolute atomic E-state index is 0.00161. The quantitative estimate of drug-likeness (QED) is 0.872. The molecule has 0 saturated heterocycles. The summed E-state index contributed by atoms with van der Waals surface area (Å²) in [6.07, 6.45) is 1.92. The van der Waals surface area contributed by atoms with Crippen LogP contribution >= 0.6 is 0 Å². The fraction of sp³-hybridized carbons (Fsp3) is 0.688. The normalized spacial score (nSPS) is 15.9. The van der Waals surface area contributed by atoms with Crippen molar-refractivity contribution in [3.8, 4) is 0 Å². The van der Waals surface area contributed by atoms with Gasteiger partial charge in [0.2, 0.25) is 11.8 Å². The van der Waals surface area contributed by atoms with E-state index >= 15 is 0 Å². The second-order valence-electron chi connectivity index (χ2n) is 6.28. The summed E-state index contributed by atoms with van der Waals surface area (Å²) in [7, 11) is 0. The molecule has 1 aromatic rings. The lowest BCUT2D eigenvalue weighted by atomic mass is 10.1. The number of nitrogens with zero attached hydrogens (tertiary/aromatic N) is 3. The largest absolute Gasteiger partial charge is 0.354 e. The van der Waals surface area contributed by atoms with Gasteiger partial charge in [-0.25, -0.2) is 4.68 Å². The molecule has 0 radical (unpaired) electrons. The van der Waals surface area contributed by atoms with Crippen LogP contribution in [0.5, 0.6) is 0 Å². The Morgan fingerprint density at radius 3 is 2.82 bits per heavy atom. The number of carbonyl (C=O) groups excluding carboxylic acids is 2. The van der Waals surface area contributed by atoms with Crippen molar-refractivity contribution in [3.05, 3.63) is 11.8 Å². The third-order valence-corrected chi connectivity index (χ3v) is 3.96. The zero-order valence-electron chi connectivity index (χ0n) is 13.9. The van der Waals surface area contributed by atoms with Crippen LogP contribution in [0.25, 0.3) is 0 Å². The van der Waals surface area contributed by atoms with Crippen molar-refractivity contribution in [2.24, 2.45) is 5.92 Å². The molecule has 0 saturated carbocycles. The van der Waals surface area contributed by atoms with E-state index in [-0.39, 0.29) is 11.8 Å². The Balaban J connectivity index is 2.15. The van der Waals surface area contributed by atoms with E-state index in [9.17, 15) is 9.59 Å². The standard InChI is InChI=1S/C16H26N4O2/c1-5-13(16(22)17-8-6-11(2)3)20-14-10-12(4)18-19(14)9-7-15(20)21/h10-11,13H,5-9H2,1-4H3,(H,17,22)/t13-/m0/s1. The molecule has 1 N–H and O–H groups in total. The van der Waals surface area contributed by atoms with Gasteiger partial charge in [0.25, 0.3) is 0 Å². The molecular formula is C16H26N4O2. The number of rotatable bonds is 6. The van der Waals surface area contributed by atoms with Crippen molar-refractivity contribution in [1.29, 1.82) is 0 Å². The first-order valence-corrected chi connectivity index (χ1v) is 8.08. The van der Waals surface area contributed by atoms with Crippen molar-refractivity contribution in [2.45, 2.75) is 59.5 Å². The number of anilines is 1. The predicted octanol–water partition coefficient (Wildman–Crippen LogP) is 1.87. The first kappa shape index (κ1) is 16.5. The van der Waals surface area contributed by atoms with E-state index in [1.54, 1.807) is 4.90 Å². The summed E-state index contributed by atoms with van der Waals surface area (Å²) >= 11 is 0. The van der Waals surface area contributed by atoms with Gasteiger partial charge in [-0.05, 0) is 25.7 Å². The minimum atomic E-state index is -0.463. The van der Waals surface area contributed by atoms with E-state index in [0.29, 0.717) is 31.8 Å². The van der Waals surface area contributed by atoms with Gasteiger partial charge in [-0.1, -0.05) is 20.8 Å². The van der Waals surface area contributed by atoms with E-state index in [1.807, 2.05) is 24.6 Å². The third-order valence-electron chi connectivity index (χ3n) is 3.96. The van der Waals surface area contributed by atoms with Crippen LogP contribution in [0, 0.1) is 12.8 Å². The smallest absolute Gasteiger partial charge is 0.243 e. The number of hydrogen-bond acceptors (Lipinski definition) is 3. The first-order valence-electron chi connectivity index (χ1n) is 8.08. The van der Waals surface area contributed by atoms with E-state index in [1.165, 1.54) is 0 Å². The molecule has 0 bridgehead atoms. The number of nitrogens with one attached hydrogen (secondary N) is 1. The van der Waals surface area contributed by atoms with Crippen molar-refractivity contribution in [3.63, 3.8) is 0 Å². The zero-order valence-corrected chi connectivity index (χ0v) is 13.9. The molecule has 2 rings (SSSR count). The van der Waals surface area contributed by atoms with Crippen LogP contribution in [-0.2, 0) is 16.1 Å². The number of amides is 2. The van der Waals surface area contributed by atoms with Crippen molar-refractivity contribution >= 4 is 17.6 Å². The number of carbonyl (C=O) groups is 2. The fourth-order valence-electron chi connectivity index (χ4n) is 2.76. The van der Waals surface area contributed by atoms with Crippen LogP contribution in [0.3, 0.4) is 0 Å². The lowest BCUT2D eigenvalue weighted by Crippen LogP contribution is -2.52. The maximum Gasteiger partial charge on any atom is 0.243 e. The molecule has 2 heterocycles. The summed E-state index contributed by atoms with van der Waals surface area (Å²) in [5, 5.41) is 7.35. The molecule has 1 aromatic heterocycles. The van der Waals surface area contributed by atoms with E-state index in [4.69, 9.17) is 0 Å². The highest BCUT2D eigenvalue weighted by Crippen LogP contribution is 2.25. The molecule has 0 aliphatic carbocycles. The Morgan fingerprint density at radius 1 is 1.45 bits per heavy atom. The molecule has 6 nitrogen and oxygen atoms in total. The Hall–Kier alpha value is -1.85. The Labute approximate surface area is 131 Å². The summed E-state index contributed by atoms with van der Waals surface area (Å²) in [6, 6.07) is 1.41. The first-order chi connectivity index (χ1) is 10.4. The van der Waals surface area contributed by atoms with Gasteiger partial charge >= 0.3 is 0 Å². The summed E-state index contributed by atoms with van der Waals surface area (Å²) < 4.78 is 1.82. The number of hydrogen-bond donors (Lipinski definition) is 1. The molecule has 0 aromatic carbocycles. The van der Waals surface area contributed by atoms with Gasteiger partial charge in [0.05, 0.1) is 12.2 Å². The van der Waals surface area contributed by atoms with Crippen LogP contribution in [0.1, 0.15) is 45.7 Å². The van der Waals surface area contributed by atoms with Crippen molar-refractivity contribution in [1.82, 2.24) is 15.1 Å².